The Hall–Kier alpha value is -6.25. The van der Waals surface area contributed by atoms with E-state index in [1.807, 2.05) is 28.8 Å². The summed E-state index contributed by atoms with van der Waals surface area (Å²) in [6.45, 7) is 7.79. The van der Waals surface area contributed by atoms with Gasteiger partial charge in [0.25, 0.3) is 0 Å². The van der Waals surface area contributed by atoms with Crippen LogP contribution >= 0.6 is 0 Å². The molecule has 8 aliphatic rings. The number of aliphatic imine (C=N–C) groups is 1. The molecule has 4 N–H and O–H groups in total. The molecule has 3 aliphatic carbocycles. The third-order valence-corrected chi connectivity index (χ3v) is 17.6. The van der Waals surface area contributed by atoms with Crippen LogP contribution in [0.1, 0.15) is 111 Å². The molecule has 0 bridgehead atoms. The van der Waals surface area contributed by atoms with Crippen molar-refractivity contribution in [2.75, 3.05) is 51.3 Å². The number of anilines is 1. The molecular weight excluding hydrogens is 933 g/mol. The first kappa shape index (κ1) is 49.0. The highest BCUT2D eigenvalue weighted by Crippen LogP contribution is 2.58. The average molecular weight is 1000 g/mol. The zero-order chi connectivity index (χ0) is 50.7. The molecule has 3 aromatic rings. The van der Waals surface area contributed by atoms with Crippen molar-refractivity contribution in [1.29, 1.82) is 0 Å². The minimum absolute atomic E-state index is 0.00392. The number of ether oxygens (including phenoxy) is 3. The van der Waals surface area contributed by atoms with Crippen molar-refractivity contribution in [2.24, 2.45) is 41.4 Å². The van der Waals surface area contributed by atoms with E-state index in [-0.39, 0.29) is 71.0 Å². The number of carbonyl (C=O) groups excluding carboxylic acids is 3. The number of halogens is 2. The summed E-state index contributed by atoms with van der Waals surface area (Å²) in [5, 5.41) is 12.6. The number of hydrogen-bond donors (Lipinski definition) is 3. The summed E-state index contributed by atoms with van der Waals surface area (Å²) in [6.07, 6.45) is 15.6. The average Bonchev–Trinajstić information content (AvgIpc) is 4.02. The zero-order valence-electron chi connectivity index (χ0n) is 42.2. The van der Waals surface area contributed by atoms with Crippen molar-refractivity contribution in [1.82, 2.24) is 30.2 Å². The number of likely N-dealkylation sites (tertiary alicyclic amines) is 2. The summed E-state index contributed by atoms with van der Waals surface area (Å²) >= 11 is 0. The van der Waals surface area contributed by atoms with Gasteiger partial charge in [-0.25, -0.2) is 13.6 Å². The van der Waals surface area contributed by atoms with Crippen LogP contribution in [0.5, 0.6) is 5.75 Å². The van der Waals surface area contributed by atoms with Crippen LogP contribution in [-0.2, 0) is 21.3 Å². The first-order valence-corrected chi connectivity index (χ1v) is 26.4. The monoisotopic (exact) mass is 1000 g/mol. The SMILES string of the molecule is COc1ccc(C(N)=O)c(C2C(C)=C(F)C=C3O[C@](CNC4CCN(C(=O)C5CCC(N=CN6CCC(c7cccc8c(N9CCC%10OC%10NC9=O)nn(C)c78)CC6)CC5)CC4)(C4C#CC=CC4)[C@@H](C)C32)c1F. The number of amides is 4. The molecule has 17 heteroatoms. The lowest BCUT2D eigenvalue weighted by molar-refractivity contribution is -0.137. The number of para-hydroxylation sites is 1. The number of nitrogens with one attached hydrogen (secondary N) is 2. The van der Waals surface area contributed by atoms with E-state index in [4.69, 9.17) is 30.0 Å². The Balaban J connectivity index is 0.673. The predicted molar refractivity (Wildman–Crippen MR) is 273 cm³/mol. The van der Waals surface area contributed by atoms with Crippen molar-refractivity contribution >= 4 is 40.9 Å². The second-order valence-electron chi connectivity index (χ2n) is 21.5. The van der Waals surface area contributed by atoms with Gasteiger partial charge in [0.05, 0.1) is 30.9 Å². The molecule has 1 aromatic heterocycles. The van der Waals surface area contributed by atoms with Crippen molar-refractivity contribution in [3.05, 3.63) is 88.2 Å². The highest BCUT2D eigenvalue weighted by molar-refractivity contribution is 6.02. The van der Waals surface area contributed by atoms with E-state index < -0.39 is 35.0 Å². The standard InChI is InChI=1S/C56H67F2N9O6/c1-32-42(57)29-45-47(46(32)48-40(51(59)68)17-18-43(71-4)49(48)58)33(2)56(73-45,36-9-6-5-7-10-36)30-60-38-21-26-66(27-22-38)54(69)35-13-15-37(16-14-35)61-31-65-24-19-34(20-25-65)39-11-8-12-41-50(39)64(3)63-52(41)67-28-23-44-53(72-44)62-55(67)70/h5-6,8,11-12,17-18,29,31,33-38,44,46-47,53,60H,9,13-16,19-28,30H2,1-4H3,(H2,59,68)(H,62,70)/t33-,35?,36?,37?,44?,46?,47?,53?,56-/m0/s1. The first-order valence-electron chi connectivity index (χ1n) is 26.4. The third-order valence-electron chi connectivity index (χ3n) is 17.6. The molecule has 4 amide bonds. The molecule has 15 nitrogen and oxygen atoms in total. The minimum Gasteiger partial charge on any atom is -0.494 e. The lowest BCUT2D eigenvalue weighted by Crippen LogP contribution is -2.55. The lowest BCUT2D eigenvalue weighted by atomic mass is 9.64. The number of methoxy groups -OCH3 is 1. The van der Waals surface area contributed by atoms with Crippen LogP contribution in [0.4, 0.5) is 19.4 Å². The highest BCUT2D eigenvalue weighted by Gasteiger charge is 2.59. The molecule has 386 valence electrons. The Morgan fingerprint density at radius 1 is 1.04 bits per heavy atom. The summed E-state index contributed by atoms with van der Waals surface area (Å²) in [5.74, 6) is 4.18. The van der Waals surface area contributed by atoms with E-state index >= 15 is 8.78 Å². The number of piperidine rings is 2. The summed E-state index contributed by atoms with van der Waals surface area (Å²) in [4.78, 5) is 51.0. The molecule has 1 saturated carbocycles. The molecule has 5 aliphatic heterocycles. The normalized spacial score (nSPS) is 30.6. The number of fused-ring (bicyclic) bond motifs is 3. The van der Waals surface area contributed by atoms with Gasteiger partial charge in [-0.3, -0.25) is 24.2 Å². The zero-order valence-corrected chi connectivity index (χ0v) is 42.2. The van der Waals surface area contributed by atoms with Crippen molar-refractivity contribution < 1.29 is 37.4 Å². The molecule has 7 atom stereocenters. The van der Waals surface area contributed by atoms with E-state index in [1.165, 1.54) is 30.9 Å². The smallest absolute Gasteiger partial charge is 0.325 e. The van der Waals surface area contributed by atoms with Crippen LogP contribution in [0.15, 0.2) is 70.7 Å². The van der Waals surface area contributed by atoms with Gasteiger partial charge < -0.3 is 40.4 Å². The third kappa shape index (κ3) is 9.06. The molecule has 6 heterocycles. The van der Waals surface area contributed by atoms with Crippen LogP contribution in [0.3, 0.4) is 0 Å². The Kier molecular flexibility index (Phi) is 13.3. The molecular formula is C56H67F2N9O6. The Morgan fingerprint density at radius 3 is 2.55 bits per heavy atom. The number of nitrogens with zero attached hydrogens (tertiary/aromatic N) is 6. The number of primary amides is 1. The maximum Gasteiger partial charge on any atom is 0.325 e. The van der Waals surface area contributed by atoms with Crippen molar-refractivity contribution in [3.63, 3.8) is 0 Å². The predicted octanol–water partition coefficient (Wildman–Crippen LogP) is 7.34. The fourth-order valence-electron chi connectivity index (χ4n) is 13.3. The fraction of sp³-hybridized carbons (Fsp3) is 0.554. The maximum absolute atomic E-state index is 16.3. The summed E-state index contributed by atoms with van der Waals surface area (Å²) in [5.41, 5.74) is 7.55. The minimum atomic E-state index is -0.906. The second kappa shape index (κ2) is 19.9. The van der Waals surface area contributed by atoms with Gasteiger partial charge in [0, 0.05) is 98.6 Å². The molecule has 2 aromatic carbocycles. The van der Waals surface area contributed by atoms with E-state index in [9.17, 15) is 14.4 Å². The number of rotatable bonds is 12. The second-order valence-corrected chi connectivity index (χ2v) is 21.5. The van der Waals surface area contributed by atoms with E-state index in [2.05, 4.69) is 58.8 Å². The van der Waals surface area contributed by atoms with Crippen molar-refractivity contribution in [3.8, 4) is 17.6 Å². The summed E-state index contributed by atoms with van der Waals surface area (Å²) in [6, 6.07) is 9.34. The number of allylic oxidation sites excluding steroid dienone is 6. The molecule has 5 unspecified atom stereocenters. The largest absolute Gasteiger partial charge is 0.494 e. The van der Waals surface area contributed by atoms with E-state index in [1.54, 1.807) is 11.8 Å². The maximum atomic E-state index is 16.3. The number of carbonyl (C=O) groups is 3. The van der Waals surface area contributed by atoms with Gasteiger partial charge in [0.2, 0.25) is 11.8 Å². The molecule has 5 saturated heterocycles. The number of aryl methyl sites for hydroxylation is 1. The quantitative estimate of drug-likeness (QED) is 0.0727. The van der Waals surface area contributed by atoms with Crippen molar-refractivity contribution in [2.45, 2.75) is 120 Å². The molecule has 6 fully saturated rings. The Labute approximate surface area is 425 Å². The highest BCUT2D eigenvalue weighted by atomic mass is 19.1. The number of aromatic nitrogens is 2. The van der Waals surface area contributed by atoms with E-state index in [0.717, 1.165) is 81.8 Å². The summed E-state index contributed by atoms with van der Waals surface area (Å²) in [7, 11) is 3.32. The van der Waals surface area contributed by atoms with Gasteiger partial charge in [0.1, 0.15) is 23.3 Å². The number of urea groups is 1. The molecule has 73 heavy (non-hydrogen) atoms. The van der Waals surface area contributed by atoms with E-state index in [0.29, 0.717) is 55.7 Å². The topological polar surface area (TPSA) is 172 Å². The van der Waals surface area contributed by atoms with Gasteiger partial charge in [-0.15, -0.1) is 0 Å². The molecule has 0 spiro atoms. The lowest BCUT2D eigenvalue weighted by Gasteiger charge is -2.41. The van der Waals surface area contributed by atoms with Gasteiger partial charge in [-0.05, 0) is 112 Å². The first-order chi connectivity index (χ1) is 35.3. The number of epoxide rings is 1. The van der Waals surface area contributed by atoms with Crippen LogP contribution in [0, 0.1) is 41.3 Å². The van der Waals surface area contributed by atoms with Gasteiger partial charge in [-0.1, -0.05) is 37.0 Å². The van der Waals surface area contributed by atoms with Crippen LogP contribution < -0.4 is 26.0 Å². The van der Waals surface area contributed by atoms with Crippen LogP contribution in [0.2, 0.25) is 0 Å². The number of benzene rings is 2. The fourth-order valence-corrected chi connectivity index (χ4v) is 13.3. The van der Waals surface area contributed by atoms with Gasteiger partial charge in [-0.2, -0.15) is 5.10 Å². The number of hydrogen-bond acceptors (Lipinski definition) is 9. The van der Waals surface area contributed by atoms with Gasteiger partial charge in [0.15, 0.2) is 23.6 Å². The number of nitrogens with two attached hydrogens (primary N) is 1. The summed E-state index contributed by atoms with van der Waals surface area (Å²) < 4.78 is 52.0. The Morgan fingerprint density at radius 2 is 1.82 bits per heavy atom. The molecule has 11 rings (SSSR count). The van der Waals surface area contributed by atoms with Crippen LogP contribution in [0.25, 0.3) is 10.9 Å². The molecule has 0 radical (unpaired) electrons. The van der Waals surface area contributed by atoms with Crippen LogP contribution in [-0.4, -0.2) is 120 Å². The van der Waals surface area contributed by atoms with Gasteiger partial charge >= 0.3 is 6.03 Å². The Bertz CT molecular complexity index is 2860.